The minimum absolute atomic E-state index is 0.933. The lowest BCUT2D eigenvalue weighted by molar-refractivity contribution is 0.579. The summed E-state index contributed by atoms with van der Waals surface area (Å²) in [7, 11) is 0. The van der Waals surface area contributed by atoms with Crippen LogP contribution in [0.25, 0.3) is 0 Å². The Hall–Kier alpha value is -3.10. The summed E-state index contributed by atoms with van der Waals surface area (Å²) in [6.07, 6.45) is 33.8. The third kappa shape index (κ3) is 22.5. The molecule has 0 aliphatic heterocycles. The molecule has 0 aromatic heterocycles. The van der Waals surface area contributed by atoms with Crippen LogP contribution in [0.4, 0.5) is 11.4 Å². The van der Waals surface area contributed by atoms with E-state index in [2.05, 4.69) is 93.0 Å². The molecule has 0 spiro atoms. The molecule has 0 fully saturated rings. The van der Waals surface area contributed by atoms with Crippen LogP contribution in [0, 0.1) is 23.7 Å². The van der Waals surface area contributed by atoms with Crippen molar-refractivity contribution < 1.29 is 0 Å². The number of nitrogens with zero attached hydrogens (tertiary/aromatic N) is 2. The molecule has 0 aliphatic carbocycles. The number of benzene rings is 2. The fourth-order valence-electron chi connectivity index (χ4n) is 5.89. The van der Waals surface area contributed by atoms with Crippen molar-refractivity contribution in [1.29, 1.82) is 0 Å². The molecule has 2 aromatic carbocycles. The van der Waals surface area contributed by atoms with E-state index < -0.39 is 0 Å². The Kier molecular flexibility index (Phi) is 25.7. The Balaban J connectivity index is 1.96. The second-order valence-corrected chi connectivity index (χ2v) is 13.5. The fraction of sp³-hybridized carbons (Fsp3) is 0.609. The first-order valence-electron chi connectivity index (χ1n) is 20.0. The third-order valence-corrected chi connectivity index (χ3v) is 8.89. The largest absolute Gasteiger partial charge is 0.255 e. The second-order valence-electron chi connectivity index (χ2n) is 13.5. The molecule has 2 aromatic rings. The van der Waals surface area contributed by atoms with Crippen molar-refractivity contribution in [2.75, 3.05) is 0 Å². The summed E-state index contributed by atoms with van der Waals surface area (Å²) in [4.78, 5) is 9.94. The van der Waals surface area contributed by atoms with E-state index >= 15 is 0 Å². The molecule has 0 unspecified atom stereocenters. The number of hydrogen-bond acceptors (Lipinski definition) is 2. The van der Waals surface area contributed by atoms with E-state index in [4.69, 9.17) is 9.98 Å². The molecule has 0 saturated carbocycles. The maximum absolute atomic E-state index is 5.07. The summed E-state index contributed by atoms with van der Waals surface area (Å²) in [5.74, 6) is 13.6. The third-order valence-electron chi connectivity index (χ3n) is 8.89. The molecule has 0 amide bonds. The fourth-order valence-corrected chi connectivity index (χ4v) is 5.89. The maximum Gasteiger partial charge on any atom is 0.0646 e. The van der Waals surface area contributed by atoms with Crippen molar-refractivity contribution >= 4 is 23.3 Å². The van der Waals surface area contributed by atoms with Crippen LogP contribution in [-0.2, 0) is 0 Å². The summed E-state index contributed by atoms with van der Waals surface area (Å²) in [6, 6.07) is 16.7. The van der Waals surface area contributed by atoms with Gasteiger partial charge in [-0.25, -0.2) is 0 Å². The zero-order valence-electron chi connectivity index (χ0n) is 31.3. The zero-order valence-corrected chi connectivity index (χ0v) is 31.3. The lowest BCUT2D eigenvalue weighted by Gasteiger charge is -2.04. The van der Waals surface area contributed by atoms with Gasteiger partial charge in [-0.1, -0.05) is 179 Å². The number of rotatable bonds is 26. The van der Waals surface area contributed by atoms with Gasteiger partial charge in [-0.2, -0.15) is 0 Å². The zero-order chi connectivity index (χ0) is 34.2. The molecular weight excluding hydrogens is 581 g/mol. The minimum Gasteiger partial charge on any atom is -0.255 e. The van der Waals surface area contributed by atoms with Crippen molar-refractivity contribution in [2.45, 2.75) is 181 Å². The van der Waals surface area contributed by atoms with Gasteiger partial charge in [-0.15, -0.1) is 0 Å². The normalized spacial score (nSPS) is 11.4. The molecule has 0 saturated heterocycles. The van der Waals surface area contributed by atoms with Crippen LogP contribution in [0.1, 0.15) is 192 Å². The maximum atomic E-state index is 5.07. The molecule has 2 nitrogen and oxygen atoms in total. The molecule has 2 rings (SSSR count). The Morgan fingerprint density at radius 2 is 0.917 bits per heavy atom. The first-order chi connectivity index (χ1) is 23.7. The molecule has 0 radical (unpaired) electrons. The van der Waals surface area contributed by atoms with Gasteiger partial charge in [-0.05, 0) is 62.1 Å². The first kappa shape index (κ1) is 41.1. The van der Waals surface area contributed by atoms with Crippen LogP contribution in [0.15, 0.2) is 58.5 Å². The van der Waals surface area contributed by atoms with Crippen LogP contribution in [0.3, 0.4) is 0 Å². The molecule has 48 heavy (non-hydrogen) atoms. The van der Waals surface area contributed by atoms with Gasteiger partial charge in [-0.3, -0.25) is 9.98 Å². The predicted molar refractivity (Wildman–Crippen MR) is 214 cm³/mol. The van der Waals surface area contributed by atoms with E-state index in [0.29, 0.717) is 0 Å². The topological polar surface area (TPSA) is 24.7 Å². The highest BCUT2D eigenvalue weighted by Gasteiger charge is 2.01. The molecule has 262 valence electrons. The molecule has 0 N–H and O–H groups in total. The van der Waals surface area contributed by atoms with Gasteiger partial charge >= 0.3 is 0 Å². The highest BCUT2D eigenvalue weighted by Crippen LogP contribution is 2.18. The number of aliphatic imine (C=N–C) groups is 2. The van der Waals surface area contributed by atoms with Crippen LogP contribution >= 0.6 is 0 Å². The molecular formula is C46H68N2. The van der Waals surface area contributed by atoms with Crippen LogP contribution in [-0.4, -0.2) is 11.9 Å². The second kappa shape index (κ2) is 30.0. The average molecular weight is 649 g/mol. The van der Waals surface area contributed by atoms with Gasteiger partial charge in [0.15, 0.2) is 0 Å². The summed E-state index contributed by atoms with van der Waals surface area (Å²) in [6.45, 7) is 6.83. The standard InChI is InChI=1S/C46H68N2/c1-4-7-10-13-16-18-20-22-24-27-32-42-34-30-37-44(39-42)47-41-46(36-29-26-15-12-9-6-3)48-45-38-31-35-43(40-45)33-28-25-23-21-19-17-14-11-8-5-2/h30-31,34-35,37-41H,4-26,29,36H2,1-3H3. The van der Waals surface area contributed by atoms with E-state index in [9.17, 15) is 0 Å². The van der Waals surface area contributed by atoms with E-state index in [0.717, 1.165) is 53.9 Å². The van der Waals surface area contributed by atoms with Gasteiger partial charge in [0.1, 0.15) is 0 Å². The van der Waals surface area contributed by atoms with Gasteiger partial charge < -0.3 is 0 Å². The average Bonchev–Trinajstić information content (AvgIpc) is 3.10. The minimum atomic E-state index is 0.933. The lowest BCUT2D eigenvalue weighted by Crippen LogP contribution is -2.00. The van der Waals surface area contributed by atoms with Crippen molar-refractivity contribution in [2.24, 2.45) is 9.98 Å². The van der Waals surface area contributed by atoms with E-state index in [1.165, 1.54) is 135 Å². The Labute approximate surface area is 297 Å². The van der Waals surface area contributed by atoms with Crippen molar-refractivity contribution in [3.8, 4) is 23.7 Å². The van der Waals surface area contributed by atoms with Crippen LogP contribution in [0.2, 0.25) is 0 Å². The molecule has 0 aliphatic rings. The number of unbranched alkanes of at least 4 members (excludes halogenated alkanes) is 21. The monoisotopic (exact) mass is 649 g/mol. The molecule has 2 heteroatoms. The SMILES string of the molecule is CCCCCCCCCCC#Cc1cccc(N=CC(CCCCCCCC)=Nc2cccc(C#CCCCCCCCCCC)c2)c1. The summed E-state index contributed by atoms with van der Waals surface area (Å²) in [5.41, 5.74) is 5.01. The Bertz CT molecular complexity index is 1260. The molecule has 0 bridgehead atoms. The van der Waals surface area contributed by atoms with Crippen LogP contribution < -0.4 is 0 Å². The summed E-state index contributed by atoms with van der Waals surface area (Å²) < 4.78 is 0. The van der Waals surface area contributed by atoms with Gasteiger partial charge in [0, 0.05) is 30.2 Å². The molecule has 0 heterocycles. The Morgan fingerprint density at radius 1 is 0.500 bits per heavy atom. The smallest absolute Gasteiger partial charge is 0.0646 e. The first-order valence-corrected chi connectivity index (χ1v) is 20.0. The predicted octanol–water partition coefficient (Wildman–Crippen LogP) is 14.7. The molecule has 0 atom stereocenters. The number of hydrogen-bond donors (Lipinski definition) is 0. The Morgan fingerprint density at radius 3 is 1.42 bits per heavy atom. The van der Waals surface area contributed by atoms with Gasteiger partial charge in [0.05, 0.1) is 17.1 Å². The summed E-state index contributed by atoms with van der Waals surface area (Å²) >= 11 is 0. The van der Waals surface area contributed by atoms with Crippen molar-refractivity contribution in [1.82, 2.24) is 0 Å². The van der Waals surface area contributed by atoms with E-state index in [1.54, 1.807) is 0 Å². The van der Waals surface area contributed by atoms with E-state index in [-0.39, 0.29) is 0 Å². The van der Waals surface area contributed by atoms with E-state index in [1.807, 2.05) is 6.21 Å². The highest BCUT2D eigenvalue weighted by atomic mass is 14.8. The van der Waals surface area contributed by atoms with Crippen LogP contribution in [0.5, 0.6) is 0 Å². The van der Waals surface area contributed by atoms with Crippen molar-refractivity contribution in [3.63, 3.8) is 0 Å². The highest BCUT2D eigenvalue weighted by molar-refractivity contribution is 6.31. The van der Waals surface area contributed by atoms with Gasteiger partial charge in [0.25, 0.3) is 0 Å². The van der Waals surface area contributed by atoms with Crippen molar-refractivity contribution in [3.05, 3.63) is 59.7 Å². The summed E-state index contributed by atoms with van der Waals surface area (Å²) in [5, 5.41) is 0. The van der Waals surface area contributed by atoms with Gasteiger partial charge in [0.2, 0.25) is 0 Å². The quantitative estimate of drug-likeness (QED) is 0.0551. The lowest BCUT2D eigenvalue weighted by atomic mass is 10.1.